The average molecular weight is 157 g/mol. The highest BCUT2D eigenvalue weighted by atomic mass is 16.5. The third-order valence-electron chi connectivity index (χ3n) is 1.61. The molecule has 0 aromatic rings. The minimum atomic E-state index is -1.38. The number of carbonyl (C=O) groups excluding carboxylic acids is 1. The van der Waals surface area contributed by atoms with Crippen molar-refractivity contribution in [2.45, 2.75) is 13.0 Å². The minimum absolute atomic E-state index is 0.0573. The summed E-state index contributed by atoms with van der Waals surface area (Å²) in [7, 11) is 0. The maximum Gasteiger partial charge on any atom is 0.140 e. The van der Waals surface area contributed by atoms with Gasteiger partial charge < -0.3 is 19.7 Å². The van der Waals surface area contributed by atoms with Gasteiger partial charge in [-0.25, -0.2) is 0 Å². The van der Waals surface area contributed by atoms with E-state index in [0.29, 0.717) is 0 Å². The monoisotopic (exact) mass is 157 g/mol. The molecule has 0 saturated heterocycles. The van der Waals surface area contributed by atoms with Gasteiger partial charge in [0.2, 0.25) is 0 Å². The van der Waals surface area contributed by atoms with Crippen LogP contribution >= 0.6 is 0 Å². The molecular formula is C7H9O4-. The zero-order valence-electron chi connectivity index (χ0n) is 6.11. The van der Waals surface area contributed by atoms with Crippen molar-refractivity contribution in [1.82, 2.24) is 0 Å². The number of carbonyl (C=O) groups is 1. The molecule has 0 spiro atoms. The first-order valence-corrected chi connectivity index (χ1v) is 3.35. The number of aliphatic hydroxyl groups is 1. The van der Waals surface area contributed by atoms with Crippen LogP contribution in [0.25, 0.3) is 0 Å². The standard InChI is InChI=1S/C7H10O4/c1-4-3-11-6(7(9)10)2-5(4)8/h2,4-5,8H,3H2,1H3,(H,9,10)/p-1/t4?,5-/m1/s1. The summed E-state index contributed by atoms with van der Waals surface area (Å²) in [5, 5.41) is 19.3. The average Bonchev–Trinajstić information content (AvgIpc) is 1.94. The van der Waals surface area contributed by atoms with Crippen LogP contribution in [0.15, 0.2) is 11.8 Å². The van der Waals surface area contributed by atoms with Crippen LogP contribution < -0.4 is 5.11 Å². The SMILES string of the molecule is CC1COC(C(=O)[O-])=C[C@H]1O. The number of ether oxygens (including phenoxy) is 1. The maximum absolute atomic E-state index is 10.2. The fourth-order valence-electron chi connectivity index (χ4n) is 0.814. The lowest BCUT2D eigenvalue weighted by molar-refractivity contribution is -0.303. The van der Waals surface area contributed by atoms with Gasteiger partial charge in [0.15, 0.2) is 0 Å². The van der Waals surface area contributed by atoms with E-state index in [1.54, 1.807) is 6.92 Å². The summed E-state index contributed by atoms with van der Waals surface area (Å²) in [5.41, 5.74) is 0. The van der Waals surface area contributed by atoms with Gasteiger partial charge in [-0.3, -0.25) is 0 Å². The fourth-order valence-corrected chi connectivity index (χ4v) is 0.814. The molecule has 4 nitrogen and oxygen atoms in total. The number of aliphatic carboxylic acids is 1. The second-order valence-corrected chi connectivity index (χ2v) is 2.60. The summed E-state index contributed by atoms with van der Waals surface area (Å²) in [4.78, 5) is 10.2. The Morgan fingerprint density at radius 2 is 2.55 bits per heavy atom. The van der Waals surface area contributed by atoms with Gasteiger partial charge in [0.05, 0.1) is 12.7 Å². The zero-order chi connectivity index (χ0) is 8.43. The van der Waals surface area contributed by atoms with Crippen LogP contribution in [-0.2, 0) is 9.53 Å². The van der Waals surface area contributed by atoms with Crippen LogP contribution in [0, 0.1) is 5.92 Å². The number of rotatable bonds is 1. The molecule has 1 heterocycles. The number of carboxylic acid groups (broad SMARTS) is 1. The molecule has 0 saturated carbocycles. The number of aliphatic hydroxyl groups excluding tert-OH is 1. The largest absolute Gasteiger partial charge is 0.542 e. The normalized spacial score (nSPS) is 30.5. The van der Waals surface area contributed by atoms with E-state index in [9.17, 15) is 9.90 Å². The van der Waals surface area contributed by atoms with Crippen molar-refractivity contribution < 1.29 is 19.7 Å². The first kappa shape index (κ1) is 8.07. The van der Waals surface area contributed by atoms with E-state index in [0.717, 1.165) is 6.08 Å². The van der Waals surface area contributed by atoms with Crippen molar-refractivity contribution in [3.8, 4) is 0 Å². The third kappa shape index (κ3) is 1.71. The minimum Gasteiger partial charge on any atom is -0.542 e. The lowest BCUT2D eigenvalue weighted by Crippen LogP contribution is -2.33. The maximum atomic E-state index is 10.2. The number of hydrogen-bond donors (Lipinski definition) is 1. The summed E-state index contributed by atoms with van der Waals surface area (Å²) < 4.78 is 4.76. The van der Waals surface area contributed by atoms with Crippen molar-refractivity contribution in [2.24, 2.45) is 5.92 Å². The predicted molar refractivity (Wildman–Crippen MR) is 34.2 cm³/mol. The first-order chi connectivity index (χ1) is 5.11. The van der Waals surface area contributed by atoms with E-state index in [-0.39, 0.29) is 18.3 Å². The molecule has 0 aliphatic carbocycles. The molecule has 0 fully saturated rings. The van der Waals surface area contributed by atoms with Crippen LogP contribution in [0.3, 0.4) is 0 Å². The number of hydrogen-bond acceptors (Lipinski definition) is 4. The van der Waals surface area contributed by atoms with Crippen molar-refractivity contribution in [3.63, 3.8) is 0 Å². The van der Waals surface area contributed by atoms with E-state index >= 15 is 0 Å². The Balaban J connectivity index is 2.71. The quantitative estimate of drug-likeness (QED) is 0.510. The molecule has 0 aromatic carbocycles. The van der Waals surface area contributed by atoms with E-state index in [1.807, 2.05) is 0 Å². The lowest BCUT2D eigenvalue weighted by Gasteiger charge is -2.24. The molecule has 2 atom stereocenters. The summed E-state index contributed by atoms with van der Waals surface area (Å²) in [5.74, 6) is -1.70. The van der Waals surface area contributed by atoms with Crippen LogP contribution in [0.2, 0.25) is 0 Å². The van der Waals surface area contributed by atoms with Gasteiger partial charge in [-0.1, -0.05) is 6.92 Å². The Morgan fingerprint density at radius 3 is 3.00 bits per heavy atom. The van der Waals surface area contributed by atoms with Gasteiger partial charge in [0.1, 0.15) is 11.7 Å². The van der Waals surface area contributed by atoms with Crippen LogP contribution in [0.4, 0.5) is 0 Å². The Kier molecular flexibility index (Phi) is 2.14. The topological polar surface area (TPSA) is 69.6 Å². The van der Waals surface area contributed by atoms with Gasteiger partial charge in [-0.15, -0.1) is 0 Å². The molecule has 11 heavy (non-hydrogen) atoms. The smallest absolute Gasteiger partial charge is 0.140 e. The van der Waals surface area contributed by atoms with E-state index in [1.165, 1.54) is 0 Å². The van der Waals surface area contributed by atoms with Crippen LogP contribution in [-0.4, -0.2) is 23.8 Å². The van der Waals surface area contributed by atoms with Gasteiger partial charge in [-0.2, -0.15) is 0 Å². The lowest BCUT2D eigenvalue weighted by atomic mass is 10.0. The van der Waals surface area contributed by atoms with Crippen molar-refractivity contribution in [1.29, 1.82) is 0 Å². The van der Waals surface area contributed by atoms with Gasteiger partial charge in [0, 0.05) is 5.92 Å². The molecule has 4 heteroatoms. The number of carboxylic acids is 1. The molecule has 1 aliphatic rings. The van der Waals surface area contributed by atoms with Gasteiger partial charge in [0.25, 0.3) is 0 Å². The highest BCUT2D eigenvalue weighted by Gasteiger charge is 2.19. The molecule has 0 amide bonds. The highest BCUT2D eigenvalue weighted by Crippen LogP contribution is 2.15. The Labute approximate surface area is 64.1 Å². The van der Waals surface area contributed by atoms with E-state index in [4.69, 9.17) is 9.84 Å². The predicted octanol–water partition coefficient (Wildman–Crippen LogP) is -1.35. The molecule has 1 rings (SSSR count). The molecule has 0 bridgehead atoms. The molecule has 0 radical (unpaired) electrons. The second-order valence-electron chi connectivity index (χ2n) is 2.60. The second kappa shape index (κ2) is 2.92. The van der Waals surface area contributed by atoms with Crippen LogP contribution in [0.1, 0.15) is 6.92 Å². The molecule has 1 aliphatic heterocycles. The summed E-state index contributed by atoms with van der Waals surface area (Å²) >= 11 is 0. The van der Waals surface area contributed by atoms with E-state index in [2.05, 4.69) is 0 Å². The van der Waals surface area contributed by atoms with Crippen LogP contribution in [0.5, 0.6) is 0 Å². The summed E-state index contributed by atoms with van der Waals surface area (Å²) in [6.07, 6.45) is 0.417. The van der Waals surface area contributed by atoms with Gasteiger partial charge in [-0.05, 0) is 6.08 Å². The summed E-state index contributed by atoms with van der Waals surface area (Å²) in [6, 6.07) is 0. The summed E-state index contributed by atoms with van der Waals surface area (Å²) in [6.45, 7) is 1.99. The Hall–Kier alpha value is -1.03. The first-order valence-electron chi connectivity index (χ1n) is 3.35. The molecule has 62 valence electrons. The molecular weight excluding hydrogens is 148 g/mol. The van der Waals surface area contributed by atoms with Crippen molar-refractivity contribution in [2.75, 3.05) is 6.61 Å². The Morgan fingerprint density at radius 1 is 1.91 bits per heavy atom. The van der Waals surface area contributed by atoms with E-state index < -0.39 is 12.1 Å². The highest BCUT2D eigenvalue weighted by molar-refractivity contribution is 5.82. The molecule has 1 N–H and O–H groups in total. The Bertz CT molecular complexity index is 197. The third-order valence-corrected chi connectivity index (χ3v) is 1.61. The van der Waals surface area contributed by atoms with Crippen molar-refractivity contribution >= 4 is 5.97 Å². The fraction of sp³-hybridized carbons (Fsp3) is 0.571. The zero-order valence-corrected chi connectivity index (χ0v) is 6.11. The molecule has 0 aromatic heterocycles. The van der Waals surface area contributed by atoms with Crippen molar-refractivity contribution in [3.05, 3.63) is 11.8 Å². The van der Waals surface area contributed by atoms with Gasteiger partial charge >= 0.3 is 0 Å². The molecule has 1 unspecified atom stereocenters.